The minimum Gasteiger partial charge on any atom is -0.356 e. The monoisotopic (exact) mass is 260 g/mol. The van der Waals surface area contributed by atoms with Crippen LogP contribution in [0.3, 0.4) is 0 Å². The van der Waals surface area contributed by atoms with E-state index in [1.54, 1.807) is 0 Å². The number of carbonyl (C=O) groups is 1. The summed E-state index contributed by atoms with van der Waals surface area (Å²) in [6, 6.07) is -1.35. The lowest BCUT2D eigenvalue weighted by atomic mass is 10.2. The zero-order valence-electron chi connectivity index (χ0n) is 7.43. The molecule has 0 bridgehead atoms. The molecule has 80 valence electrons. The third-order valence-corrected chi connectivity index (χ3v) is 1.32. The van der Waals surface area contributed by atoms with E-state index in [2.05, 4.69) is 5.32 Å². The number of amides is 1. The van der Waals surface area contributed by atoms with Gasteiger partial charge in [0.1, 0.15) is 0 Å². The Balaban J connectivity index is 0. The Morgan fingerprint density at radius 1 is 1.54 bits per heavy atom. The predicted molar refractivity (Wildman–Crippen MR) is 52.2 cm³/mol. The quantitative estimate of drug-likeness (QED) is 0.777. The molecule has 0 aliphatic heterocycles. The molecule has 13 heavy (non-hydrogen) atoms. The predicted octanol–water partition coefficient (Wildman–Crippen LogP) is 1.07. The number of nitrogens with one attached hydrogen (secondary N) is 1. The van der Waals surface area contributed by atoms with Crippen LogP contribution < -0.4 is 11.1 Å². The van der Waals surface area contributed by atoms with E-state index < -0.39 is 18.4 Å². The van der Waals surface area contributed by atoms with E-state index >= 15 is 0 Å². The summed E-state index contributed by atoms with van der Waals surface area (Å²) in [7, 11) is 0. The van der Waals surface area contributed by atoms with Crippen LogP contribution in [0.5, 0.6) is 0 Å². The SMILES string of the molecule is Br.CCCNC(=O)CC(N)C(F)F. The highest BCUT2D eigenvalue weighted by Crippen LogP contribution is 2.01. The van der Waals surface area contributed by atoms with E-state index in [0.717, 1.165) is 6.42 Å². The largest absolute Gasteiger partial charge is 0.356 e. The first-order chi connectivity index (χ1) is 5.57. The maximum Gasteiger partial charge on any atom is 0.253 e. The van der Waals surface area contributed by atoms with Crippen molar-refractivity contribution in [2.75, 3.05) is 6.54 Å². The molecule has 0 radical (unpaired) electrons. The molecule has 3 nitrogen and oxygen atoms in total. The van der Waals surface area contributed by atoms with Crippen molar-refractivity contribution in [1.29, 1.82) is 0 Å². The van der Waals surface area contributed by atoms with Crippen molar-refractivity contribution >= 4 is 22.9 Å². The fourth-order valence-electron chi connectivity index (χ4n) is 0.640. The first-order valence-corrected chi connectivity index (χ1v) is 3.88. The zero-order valence-corrected chi connectivity index (χ0v) is 9.14. The van der Waals surface area contributed by atoms with Gasteiger partial charge in [0, 0.05) is 13.0 Å². The van der Waals surface area contributed by atoms with Crippen molar-refractivity contribution in [3.8, 4) is 0 Å². The summed E-state index contributed by atoms with van der Waals surface area (Å²) in [5, 5.41) is 2.47. The van der Waals surface area contributed by atoms with Crippen LogP contribution in [0.1, 0.15) is 19.8 Å². The van der Waals surface area contributed by atoms with Crippen molar-refractivity contribution in [1.82, 2.24) is 5.32 Å². The Kier molecular flexibility index (Phi) is 9.82. The van der Waals surface area contributed by atoms with Crippen LogP contribution in [0.25, 0.3) is 0 Å². The molecule has 0 aromatic rings. The highest BCUT2D eigenvalue weighted by molar-refractivity contribution is 8.93. The average Bonchev–Trinajstić information content (AvgIpc) is 2.00. The lowest BCUT2D eigenvalue weighted by Gasteiger charge is -2.09. The van der Waals surface area contributed by atoms with E-state index in [9.17, 15) is 13.6 Å². The molecule has 0 saturated heterocycles. The normalized spacial score (nSPS) is 12.1. The molecule has 0 aromatic carbocycles. The first-order valence-electron chi connectivity index (χ1n) is 3.88. The number of hydrogen-bond acceptors (Lipinski definition) is 2. The van der Waals surface area contributed by atoms with Gasteiger partial charge >= 0.3 is 0 Å². The van der Waals surface area contributed by atoms with Gasteiger partial charge in [0.05, 0.1) is 6.04 Å². The summed E-state index contributed by atoms with van der Waals surface area (Å²) >= 11 is 0. The van der Waals surface area contributed by atoms with Crippen LogP contribution in [0.2, 0.25) is 0 Å². The Labute approximate surface area is 86.8 Å². The smallest absolute Gasteiger partial charge is 0.253 e. The standard InChI is InChI=1S/C7H14F2N2O.BrH/c1-2-3-11-6(12)4-5(10)7(8)9;/h5,7H,2-4,10H2,1H3,(H,11,12);1H. The second-order valence-corrected chi connectivity index (χ2v) is 2.55. The second-order valence-electron chi connectivity index (χ2n) is 2.55. The van der Waals surface area contributed by atoms with Crippen molar-refractivity contribution in [2.24, 2.45) is 5.73 Å². The van der Waals surface area contributed by atoms with Gasteiger partial charge < -0.3 is 11.1 Å². The molecule has 0 spiro atoms. The molecule has 0 aliphatic carbocycles. The van der Waals surface area contributed by atoms with Crippen LogP contribution in [-0.2, 0) is 4.79 Å². The van der Waals surface area contributed by atoms with Crippen LogP contribution in [0, 0.1) is 0 Å². The van der Waals surface area contributed by atoms with Gasteiger partial charge in [0.2, 0.25) is 5.91 Å². The fraction of sp³-hybridized carbons (Fsp3) is 0.857. The summed E-state index contributed by atoms with van der Waals surface area (Å²) < 4.78 is 23.6. The van der Waals surface area contributed by atoms with Crippen molar-refractivity contribution < 1.29 is 13.6 Å². The van der Waals surface area contributed by atoms with Gasteiger partial charge in [-0.25, -0.2) is 8.78 Å². The number of carbonyl (C=O) groups excluding carboxylic acids is 1. The van der Waals surface area contributed by atoms with Crippen molar-refractivity contribution in [2.45, 2.75) is 32.2 Å². The topological polar surface area (TPSA) is 55.1 Å². The molecule has 6 heteroatoms. The Bertz CT molecular complexity index is 146. The van der Waals surface area contributed by atoms with E-state index in [1.807, 2.05) is 6.92 Å². The zero-order chi connectivity index (χ0) is 9.56. The number of nitrogens with two attached hydrogens (primary N) is 1. The molecule has 0 fully saturated rings. The van der Waals surface area contributed by atoms with E-state index in [0.29, 0.717) is 6.54 Å². The number of halogens is 3. The second kappa shape index (κ2) is 8.37. The number of alkyl halides is 2. The summed E-state index contributed by atoms with van der Waals surface area (Å²) in [5.74, 6) is -0.412. The Morgan fingerprint density at radius 3 is 2.46 bits per heavy atom. The molecule has 0 heterocycles. The molecular weight excluding hydrogens is 246 g/mol. The summed E-state index contributed by atoms with van der Waals surface area (Å²) in [6.07, 6.45) is -2.15. The van der Waals surface area contributed by atoms with E-state index in [4.69, 9.17) is 5.73 Å². The highest BCUT2D eigenvalue weighted by atomic mass is 79.9. The Hall–Kier alpha value is -0.230. The number of hydrogen-bond donors (Lipinski definition) is 2. The van der Waals surface area contributed by atoms with Gasteiger partial charge in [-0.05, 0) is 6.42 Å². The molecule has 1 unspecified atom stereocenters. The van der Waals surface area contributed by atoms with E-state index in [-0.39, 0.29) is 23.4 Å². The van der Waals surface area contributed by atoms with Crippen molar-refractivity contribution in [3.05, 3.63) is 0 Å². The van der Waals surface area contributed by atoms with Crippen LogP contribution >= 0.6 is 17.0 Å². The summed E-state index contributed by atoms with van der Waals surface area (Å²) in [5.41, 5.74) is 4.98. The van der Waals surface area contributed by atoms with Gasteiger partial charge in [0.25, 0.3) is 6.43 Å². The molecule has 1 atom stereocenters. The third kappa shape index (κ3) is 8.11. The van der Waals surface area contributed by atoms with Gasteiger partial charge in [-0.2, -0.15) is 0 Å². The minimum absolute atomic E-state index is 0. The van der Waals surface area contributed by atoms with Gasteiger partial charge in [-0.15, -0.1) is 17.0 Å². The lowest BCUT2D eigenvalue weighted by molar-refractivity contribution is -0.122. The molecule has 0 aromatic heterocycles. The Morgan fingerprint density at radius 2 is 2.08 bits per heavy atom. The van der Waals surface area contributed by atoms with Crippen LogP contribution in [-0.4, -0.2) is 24.9 Å². The maximum absolute atomic E-state index is 11.8. The minimum atomic E-state index is -2.63. The molecule has 0 rings (SSSR count). The summed E-state index contributed by atoms with van der Waals surface area (Å²) in [6.45, 7) is 2.39. The van der Waals surface area contributed by atoms with Crippen LogP contribution in [0.15, 0.2) is 0 Å². The third-order valence-electron chi connectivity index (χ3n) is 1.32. The molecule has 0 aliphatic rings. The first kappa shape index (κ1) is 15.3. The average molecular weight is 261 g/mol. The van der Waals surface area contributed by atoms with Crippen LogP contribution in [0.4, 0.5) is 8.78 Å². The van der Waals surface area contributed by atoms with E-state index in [1.165, 1.54) is 0 Å². The lowest BCUT2D eigenvalue weighted by Crippen LogP contribution is -2.36. The summed E-state index contributed by atoms with van der Waals surface area (Å²) in [4.78, 5) is 10.8. The van der Waals surface area contributed by atoms with Crippen molar-refractivity contribution in [3.63, 3.8) is 0 Å². The molecular formula is C7H15BrF2N2O. The van der Waals surface area contributed by atoms with Gasteiger partial charge in [-0.1, -0.05) is 6.92 Å². The van der Waals surface area contributed by atoms with Gasteiger partial charge in [0.15, 0.2) is 0 Å². The molecule has 3 N–H and O–H groups in total. The van der Waals surface area contributed by atoms with Gasteiger partial charge in [-0.3, -0.25) is 4.79 Å². The fourth-order valence-corrected chi connectivity index (χ4v) is 0.640. The highest BCUT2D eigenvalue weighted by Gasteiger charge is 2.18. The molecule has 1 amide bonds. The number of rotatable bonds is 5. The molecule has 0 saturated carbocycles. The maximum atomic E-state index is 11.8.